The molecular weight excluding hydrogens is 380 g/mol. The molecule has 0 aromatic carbocycles. The van der Waals surface area contributed by atoms with E-state index in [1.54, 1.807) is 6.92 Å². The van der Waals surface area contributed by atoms with Gasteiger partial charge in [0.15, 0.2) is 5.78 Å². The maximum Gasteiger partial charge on any atom is 0.155 e. The number of carbonyl (C=O) groups is 1. The average Bonchev–Trinajstić information content (AvgIpc) is 3.05. The number of aliphatic hydroxyl groups excluding tert-OH is 1. The summed E-state index contributed by atoms with van der Waals surface area (Å²) in [6.45, 7) is 13.7. The van der Waals surface area contributed by atoms with Gasteiger partial charge in [-0.25, -0.2) is 0 Å². The maximum atomic E-state index is 12.0. The van der Waals surface area contributed by atoms with Gasteiger partial charge in [-0.05, 0) is 129 Å². The van der Waals surface area contributed by atoms with E-state index in [2.05, 4.69) is 40.7 Å². The predicted octanol–water partition coefficient (Wildman–Crippen LogP) is 7.20. The minimum Gasteiger partial charge on any atom is -0.393 e. The summed E-state index contributed by atoms with van der Waals surface area (Å²) in [6.07, 6.45) is 15.0. The fraction of sp³-hybridized carbons (Fsp3) is 0.897. The lowest BCUT2D eigenvalue weighted by atomic mass is 9.44. The van der Waals surface area contributed by atoms with Gasteiger partial charge < -0.3 is 5.11 Å². The molecule has 4 fully saturated rings. The molecule has 0 heterocycles. The van der Waals surface area contributed by atoms with Gasteiger partial charge in [0, 0.05) is 0 Å². The third-order valence-corrected chi connectivity index (χ3v) is 11.1. The monoisotopic (exact) mass is 428 g/mol. The molecule has 0 spiro atoms. The molecule has 0 aromatic rings. The molecule has 0 bridgehead atoms. The lowest BCUT2D eigenvalue weighted by Gasteiger charge is -2.61. The number of carbonyl (C=O) groups excluding carboxylic acids is 1. The van der Waals surface area contributed by atoms with Crippen LogP contribution in [0, 0.1) is 52.3 Å². The van der Waals surface area contributed by atoms with Crippen LogP contribution in [0.5, 0.6) is 0 Å². The number of rotatable bonds is 5. The van der Waals surface area contributed by atoms with Crippen LogP contribution in [0.4, 0.5) is 0 Å². The highest BCUT2D eigenvalue weighted by atomic mass is 16.3. The Labute approximate surface area is 191 Å². The Hall–Kier alpha value is -0.630. The lowest BCUT2D eigenvalue weighted by Crippen LogP contribution is -2.54. The molecule has 0 saturated heterocycles. The molecule has 31 heavy (non-hydrogen) atoms. The van der Waals surface area contributed by atoms with Gasteiger partial charge >= 0.3 is 0 Å². The average molecular weight is 429 g/mol. The van der Waals surface area contributed by atoms with Crippen LogP contribution in [-0.4, -0.2) is 17.0 Å². The van der Waals surface area contributed by atoms with Gasteiger partial charge in [-0.3, -0.25) is 4.79 Å². The molecule has 0 aliphatic heterocycles. The molecule has 0 amide bonds. The predicted molar refractivity (Wildman–Crippen MR) is 129 cm³/mol. The standard InChI is InChI=1S/C29H48O2/c1-18(2)23(20(4)30)9-7-19(3)25-11-12-26-24-10-8-21-17-22(31)13-15-28(21,5)27(24)14-16-29(25,26)6/h9,18-19,21-22,24-27,31H,7-8,10-17H2,1-6H3/t19-,21?,22?,24+,25-,26+,27+,28+,29-/m1/s1. The maximum absolute atomic E-state index is 12.0. The van der Waals surface area contributed by atoms with Gasteiger partial charge in [0.05, 0.1) is 6.10 Å². The van der Waals surface area contributed by atoms with Gasteiger partial charge in [0.1, 0.15) is 0 Å². The SMILES string of the molecule is CC(=O)C(=CC[C@@H](C)[C@H]1CC[C@H]2[C@@H]3CCC4CC(O)CC[C@]4(C)[C@H]3CC[C@]12C)C(C)C. The van der Waals surface area contributed by atoms with Gasteiger partial charge in [-0.1, -0.05) is 40.7 Å². The van der Waals surface area contributed by atoms with Crippen molar-refractivity contribution >= 4 is 5.78 Å². The minimum atomic E-state index is -0.0426. The summed E-state index contributed by atoms with van der Waals surface area (Å²) in [5.74, 6) is 5.49. The largest absolute Gasteiger partial charge is 0.393 e. The number of allylic oxidation sites excluding steroid dienone is 2. The van der Waals surface area contributed by atoms with Crippen molar-refractivity contribution < 1.29 is 9.90 Å². The number of hydrogen-bond donors (Lipinski definition) is 1. The van der Waals surface area contributed by atoms with Crippen molar-refractivity contribution in [2.75, 3.05) is 0 Å². The molecule has 1 N–H and O–H groups in total. The van der Waals surface area contributed by atoms with Gasteiger partial charge in [-0.15, -0.1) is 0 Å². The summed E-state index contributed by atoms with van der Waals surface area (Å²) in [4.78, 5) is 12.0. The zero-order valence-electron chi connectivity index (χ0n) is 21.1. The Morgan fingerprint density at radius 3 is 2.32 bits per heavy atom. The van der Waals surface area contributed by atoms with Crippen LogP contribution in [0.15, 0.2) is 11.6 Å². The summed E-state index contributed by atoms with van der Waals surface area (Å²) in [5, 5.41) is 10.3. The van der Waals surface area contributed by atoms with E-state index in [-0.39, 0.29) is 11.9 Å². The first-order valence-corrected chi connectivity index (χ1v) is 13.5. The van der Waals surface area contributed by atoms with Crippen molar-refractivity contribution in [3.8, 4) is 0 Å². The van der Waals surface area contributed by atoms with Gasteiger partial charge in [-0.2, -0.15) is 0 Å². The second-order valence-electron chi connectivity index (χ2n) is 12.9. The summed E-state index contributed by atoms with van der Waals surface area (Å²) >= 11 is 0. The molecule has 176 valence electrons. The first kappa shape index (κ1) is 23.5. The third-order valence-electron chi connectivity index (χ3n) is 11.1. The van der Waals surface area contributed by atoms with E-state index in [4.69, 9.17) is 0 Å². The molecule has 2 heteroatoms. The topological polar surface area (TPSA) is 37.3 Å². The Morgan fingerprint density at radius 1 is 0.968 bits per heavy atom. The molecule has 9 atom stereocenters. The molecule has 0 aromatic heterocycles. The molecule has 4 rings (SSSR count). The molecule has 2 nitrogen and oxygen atoms in total. The van der Waals surface area contributed by atoms with Crippen molar-refractivity contribution in [1.29, 1.82) is 0 Å². The second-order valence-corrected chi connectivity index (χ2v) is 12.9. The summed E-state index contributed by atoms with van der Waals surface area (Å²) in [5.41, 5.74) is 1.99. The van der Waals surface area contributed by atoms with Crippen LogP contribution in [0.3, 0.4) is 0 Å². The van der Waals surface area contributed by atoms with E-state index in [0.717, 1.165) is 54.4 Å². The second kappa shape index (κ2) is 8.62. The van der Waals surface area contributed by atoms with Gasteiger partial charge in [0.25, 0.3) is 0 Å². The van der Waals surface area contributed by atoms with Crippen LogP contribution < -0.4 is 0 Å². The fourth-order valence-corrected chi connectivity index (χ4v) is 9.47. The van der Waals surface area contributed by atoms with E-state index in [1.165, 1.54) is 44.9 Å². The molecule has 4 aliphatic rings. The van der Waals surface area contributed by atoms with Gasteiger partial charge in [0.2, 0.25) is 0 Å². The van der Waals surface area contributed by atoms with Crippen molar-refractivity contribution in [3.63, 3.8) is 0 Å². The van der Waals surface area contributed by atoms with Crippen molar-refractivity contribution in [3.05, 3.63) is 11.6 Å². The zero-order chi connectivity index (χ0) is 22.6. The quantitative estimate of drug-likeness (QED) is 0.470. The van der Waals surface area contributed by atoms with Crippen LogP contribution in [-0.2, 0) is 4.79 Å². The van der Waals surface area contributed by atoms with Crippen molar-refractivity contribution in [2.45, 2.75) is 112 Å². The Bertz CT molecular complexity index is 708. The van der Waals surface area contributed by atoms with Crippen LogP contribution in [0.1, 0.15) is 106 Å². The smallest absolute Gasteiger partial charge is 0.155 e. The van der Waals surface area contributed by atoms with E-state index >= 15 is 0 Å². The first-order valence-electron chi connectivity index (χ1n) is 13.5. The van der Waals surface area contributed by atoms with Crippen molar-refractivity contribution in [1.82, 2.24) is 0 Å². The number of hydrogen-bond acceptors (Lipinski definition) is 2. The highest BCUT2D eigenvalue weighted by Gasteiger charge is 2.60. The summed E-state index contributed by atoms with van der Waals surface area (Å²) < 4.78 is 0. The van der Waals surface area contributed by atoms with E-state index in [9.17, 15) is 9.90 Å². The van der Waals surface area contributed by atoms with Crippen LogP contribution in [0.2, 0.25) is 0 Å². The fourth-order valence-electron chi connectivity index (χ4n) is 9.47. The van der Waals surface area contributed by atoms with E-state index in [0.29, 0.717) is 22.7 Å². The van der Waals surface area contributed by atoms with E-state index < -0.39 is 0 Å². The first-order chi connectivity index (χ1) is 14.6. The highest BCUT2D eigenvalue weighted by molar-refractivity contribution is 5.93. The number of aliphatic hydroxyl groups is 1. The molecule has 2 unspecified atom stereocenters. The van der Waals surface area contributed by atoms with E-state index in [1.807, 2.05) is 0 Å². The van der Waals surface area contributed by atoms with Crippen LogP contribution in [0.25, 0.3) is 0 Å². The molecular formula is C29H48O2. The van der Waals surface area contributed by atoms with Crippen molar-refractivity contribution in [2.24, 2.45) is 52.3 Å². The number of fused-ring (bicyclic) bond motifs is 5. The normalized spacial score (nSPS) is 46.3. The highest BCUT2D eigenvalue weighted by Crippen LogP contribution is 2.68. The molecule has 4 saturated carbocycles. The Balaban J connectivity index is 1.49. The molecule has 0 radical (unpaired) electrons. The minimum absolute atomic E-state index is 0.0426. The molecule has 4 aliphatic carbocycles. The number of Topliss-reactive ketones (excluding diaryl/α,β-unsaturated/α-hetero) is 1. The Morgan fingerprint density at radius 2 is 1.65 bits per heavy atom. The summed E-state index contributed by atoms with van der Waals surface area (Å²) in [6, 6.07) is 0. The lowest BCUT2D eigenvalue weighted by molar-refractivity contribution is -0.129. The Kier molecular flexibility index (Phi) is 6.54. The number of ketones is 1. The summed E-state index contributed by atoms with van der Waals surface area (Å²) in [7, 11) is 0. The zero-order valence-corrected chi connectivity index (χ0v) is 21.1. The third kappa shape index (κ3) is 3.98. The van der Waals surface area contributed by atoms with Crippen LogP contribution >= 0.6 is 0 Å².